The summed E-state index contributed by atoms with van der Waals surface area (Å²) < 4.78 is 10.7. The molecular weight excluding hydrogens is 208 g/mol. The fourth-order valence-corrected chi connectivity index (χ4v) is 1.67. The van der Waals surface area contributed by atoms with Gasteiger partial charge in [0, 0.05) is 18.8 Å². The molecule has 0 spiro atoms. The summed E-state index contributed by atoms with van der Waals surface area (Å²) in [5.41, 5.74) is 5.62. The van der Waals surface area contributed by atoms with Crippen molar-refractivity contribution in [2.75, 3.05) is 18.5 Å². The van der Waals surface area contributed by atoms with Crippen LogP contribution in [0, 0.1) is 0 Å². The third-order valence-electron chi connectivity index (χ3n) is 2.84. The van der Waals surface area contributed by atoms with Crippen LogP contribution in [0.4, 0.5) is 6.01 Å². The zero-order chi connectivity index (χ0) is 11.6. The van der Waals surface area contributed by atoms with Gasteiger partial charge in [-0.2, -0.15) is 0 Å². The van der Waals surface area contributed by atoms with Gasteiger partial charge in [-0.25, -0.2) is 0 Å². The molecule has 1 aliphatic rings. The molecule has 1 unspecified atom stereocenters. The van der Waals surface area contributed by atoms with Crippen molar-refractivity contribution in [3.05, 3.63) is 5.89 Å². The summed E-state index contributed by atoms with van der Waals surface area (Å²) in [6, 6.07) is 0.210. The number of ether oxygens (including phenoxy) is 1. The van der Waals surface area contributed by atoms with Gasteiger partial charge in [0.1, 0.15) is 0 Å². The lowest BCUT2D eigenvalue weighted by Crippen LogP contribution is -2.40. The summed E-state index contributed by atoms with van der Waals surface area (Å²) in [5, 5.41) is 11.1. The van der Waals surface area contributed by atoms with Crippen LogP contribution >= 0.6 is 0 Å². The average molecular weight is 226 g/mol. The van der Waals surface area contributed by atoms with Crippen LogP contribution in [0.2, 0.25) is 0 Å². The van der Waals surface area contributed by atoms with E-state index in [1.165, 1.54) is 0 Å². The van der Waals surface area contributed by atoms with Gasteiger partial charge in [-0.1, -0.05) is 5.10 Å². The van der Waals surface area contributed by atoms with E-state index in [4.69, 9.17) is 14.9 Å². The summed E-state index contributed by atoms with van der Waals surface area (Å²) in [6.45, 7) is 5.47. The molecule has 1 saturated heterocycles. The minimum atomic E-state index is -0.231. The third-order valence-corrected chi connectivity index (χ3v) is 2.84. The van der Waals surface area contributed by atoms with Crippen LogP contribution < -0.4 is 11.1 Å². The molecule has 1 aromatic rings. The molecule has 0 aliphatic carbocycles. The lowest BCUT2D eigenvalue weighted by molar-refractivity contribution is 0.0650. The van der Waals surface area contributed by atoms with E-state index in [2.05, 4.69) is 22.4 Å². The molecule has 1 fully saturated rings. The van der Waals surface area contributed by atoms with Crippen molar-refractivity contribution in [1.82, 2.24) is 10.2 Å². The maximum Gasteiger partial charge on any atom is 0.315 e. The monoisotopic (exact) mass is 226 g/mol. The number of nitrogens with two attached hydrogens (primary N) is 1. The zero-order valence-electron chi connectivity index (χ0n) is 9.69. The van der Waals surface area contributed by atoms with Gasteiger partial charge in [0.25, 0.3) is 0 Å². The highest BCUT2D eigenvalue weighted by molar-refractivity contribution is 5.24. The molecule has 0 bridgehead atoms. The Morgan fingerprint density at radius 1 is 1.38 bits per heavy atom. The normalized spacial score (nSPS) is 21.7. The Bertz CT molecular complexity index is 344. The van der Waals surface area contributed by atoms with Crippen molar-refractivity contribution in [1.29, 1.82) is 0 Å². The Balaban J connectivity index is 2.02. The molecule has 1 aliphatic heterocycles. The number of nitrogens with one attached hydrogen (secondary N) is 1. The van der Waals surface area contributed by atoms with Gasteiger partial charge in [0.05, 0.1) is 6.04 Å². The molecule has 1 aromatic heterocycles. The first kappa shape index (κ1) is 11.3. The molecular formula is C10H18N4O2. The van der Waals surface area contributed by atoms with Crippen LogP contribution in [0.1, 0.15) is 38.6 Å². The Morgan fingerprint density at radius 2 is 2.06 bits per heavy atom. The van der Waals surface area contributed by atoms with Crippen molar-refractivity contribution in [3.63, 3.8) is 0 Å². The third kappa shape index (κ3) is 2.51. The van der Waals surface area contributed by atoms with E-state index in [-0.39, 0.29) is 11.6 Å². The minimum absolute atomic E-state index is 0.0279. The lowest BCUT2D eigenvalue weighted by atomic mass is 9.93. The Morgan fingerprint density at radius 3 is 2.62 bits per heavy atom. The summed E-state index contributed by atoms with van der Waals surface area (Å²) in [4.78, 5) is 0. The van der Waals surface area contributed by atoms with Gasteiger partial charge in [0.15, 0.2) is 0 Å². The average Bonchev–Trinajstić information content (AvgIpc) is 2.66. The highest BCUT2D eigenvalue weighted by Gasteiger charge is 2.29. The number of aromatic nitrogens is 2. The molecule has 2 rings (SSSR count). The topological polar surface area (TPSA) is 86.2 Å². The predicted octanol–water partition coefficient (Wildman–Crippen LogP) is 1.07. The van der Waals surface area contributed by atoms with Gasteiger partial charge in [-0.15, -0.1) is 5.10 Å². The first-order valence-corrected chi connectivity index (χ1v) is 5.54. The predicted molar refractivity (Wildman–Crippen MR) is 59.0 cm³/mol. The van der Waals surface area contributed by atoms with E-state index in [9.17, 15) is 0 Å². The smallest absolute Gasteiger partial charge is 0.315 e. The van der Waals surface area contributed by atoms with E-state index < -0.39 is 0 Å². The fraction of sp³-hybridized carbons (Fsp3) is 0.800. The summed E-state index contributed by atoms with van der Waals surface area (Å²) >= 11 is 0. The lowest BCUT2D eigenvalue weighted by Gasteiger charge is -2.33. The quantitative estimate of drug-likeness (QED) is 0.801. The van der Waals surface area contributed by atoms with Gasteiger partial charge >= 0.3 is 6.01 Å². The van der Waals surface area contributed by atoms with Crippen molar-refractivity contribution in [2.24, 2.45) is 5.73 Å². The van der Waals surface area contributed by atoms with Crippen LogP contribution in [0.15, 0.2) is 4.42 Å². The molecule has 90 valence electrons. The van der Waals surface area contributed by atoms with E-state index in [0.717, 1.165) is 26.1 Å². The first-order valence-electron chi connectivity index (χ1n) is 5.54. The first-order chi connectivity index (χ1) is 7.59. The van der Waals surface area contributed by atoms with E-state index in [1.54, 1.807) is 0 Å². The van der Waals surface area contributed by atoms with Gasteiger partial charge in [-0.3, -0.25) is 0 Å². The van der Waals surface area contributed by atoms with Gasteiger partial charge in [-0.05, 0) is 26.7 Å². The molecule has 16 heavy (non-hydrogen) atoms. The second kappa shape index (κ2) is 4.39. The van der Waals surface area contributed by atoms with Crippen molar-refractivity contribution in [2.45, 2.75) is 38.3 Å². The maximum absolute atomic E-state index is 5.65. The molecule has 0 aromatic carbocycles. The molecule has 3 N–H and O–H groups in total. The highest BCUT2D eigenvalue weighted by atomic mass is 16.5. The number of anilines is 1. The molecule has 0 amide bonds. The second-order valence-electron chi connectivity index (χ2n) is 4.53. The molecule has 6 heteroatoms. The zero-order valence-corrected chi connectivity index (χ0v) is 9.69. The Labute approximate surface area is 94.6 Å². The fourth-order valence-electron chi connectivity index (χ4n) is 1.67. The van der Waals surface area contributed by atoms with Crippen molar-refractivity contribution >= 4 is 6.01 Å². The summed E-state index contributed by atoms with van der Waals surface area (Å²) in [7, 11) is 0. The molecule has 1 atom stereocenters. The van der Waals surface area contributed by atoms with Crippen molar-refractivity contribution < 1.29 is 9.15 Å². The minimum Gasteiger partial charge on any atom is -0.406 e. The molecule has 0 saturated carbocycles. The van der Waals surface area contributed by atoms with E-state index in [1.807, 2.05) is 6.92 Å². The molecule has 0 radical (unpaired) electrons. The second-order valence-corrected chi connectivity index (χ2v) is 4.53. The Hall–Kier alpha value is -1.14. The van der Waals surface area contributed by atoms with Gasteiger partial charge in [0.2, 0.25) is 5.89 Å². The number of rotatable bonds is 3. The number of hydrogen-bond acceptors (Lipinski definition) is 6. The number of hydrogen-bond donors (Lipinski definition) is 2. The standard InChI is InChI=1S/C10H18N4O2/c1-7(11)8-13-14-9(16-8)12-10(2)3-5-15-6-4-10/h7H,3-6,11H2,1-2H3,(H,12,14). The van der Waals surface area contributed by atoms with E-state index >= 15 is 0 Å². The van der Waals surface area contributed by atoms with E-state index in [0.29, 0.717) is 11.9 Å². The molecule has 6 nitrogen and oxygen atoms in total. The molecule has 2 heterocycles. The van der Waals surface area contributed by atoms with Gasteiger partial charge < -0.3 is 20.2 Å². The van der Waals surface area contributed by atoms with Crippen LogP contribution in [0.5, 0.6) is 0 Å². The highest BCUT2D eigenvalue weighted by Crippen LogP contribution is 2.25. The maximum atomic E-state index is 5.65. The van der Waals surface area contributed by atoms with Crippen LogP contribution in [-0.2, 0) is 4.74 Å². The Kier molecular flexibility index (Phi) is 3.11. The SMILES string of the molecule is CC(N)c1nnc(NC2(C)CCOCC2)o1. The van der Waals surface area contributed by atoms with Crippen LogP contribution in [-0.4, -0.2) is 29.0 Å². The summed E-state index contributed by atoms with van der Waals surface area (Å²) in [6.07, 6.45) is 1.87. The van der Waals surface area contributed by atoms with Crippen LogP contribution in [0.3, 0.4) is 0 Å². The number of nitrogens with zero attached hydrogens (tertiary/aromatic N) is 2. The van der Waals surface area contributed by atoms with Crippen LogP contribution in [0.25, 0.3) is 0 Å². The largest absolute Gasteiger partial charge is 0.406 e. The summed E-state index contributed by atoms with van der Waals surface area (Å²) in [5.74, 6) is 0.457. The van der Waals surface area contributed by atoms with Crippen molar-refractivity contribution in [3.8, 4) is 0 Å².